The minimum Gasteiger partial charge on any atom is -0.369 e. The molecule has 0 aromatic heterocycles. The van der Waals surface area contributed by atoms with Crippen molar-refractivity contribution in [3.63, 3.8) is 0 Å². The first-order valence-corrected chi connectivity index (χ1v) is 8.32. The summed E-state index contributed by atoms with van der Waals surface area (Å²) in [7, 11) is 0. The summed E-state index contributed by atoms with van der Waals surface area (Å²) in [6.45, 7) is 4.69. The molecule has 0 aliphatic carbocycles. The molecule has 140 valence electrons. The van der Waals surface area contributed by atoms with Gasteiger partial charge in [0.1, 0.15) is 0 Å². The van der Waals surface area contributed by atoms with Gasteiger partial charge in [0.25, 0.3) is 0 Å². The zero-order valence-corrected chi connectivity index (χ0v) is 16.2. The molecule has 0 spiro atoms. The molecule has 2 rings (SSSR count). The van der Waals surface area contributed by atoms with Crippen LogP contribution in [-0.2, 0) is 0 Å². The fourth-order valence-corrected chi connectivity index (χ4v) is 2.10. The van der Waals surface area contributed by atoms with E-state index in [1.165, 1.54) is 0 Å². The number of urea groups is 1. The Hall–Kier alpha value is -2.44. The molecule has 0 aliphatic rings. The molecule has 8 heteroatoms. The predicted octanol–water partition coefficient (Wildman–Crippen LogP) is 4.60. The number of hydrogen-bond acceptors (Lipinski definition) is 2. The molecule has 0 fully saturated rings. The molecule has 2 aromatic carbocycles. The van der Waals surface area contributed by atoms with E-state index in [1.54, 1.807) is 36.4 Å². The first-order valence-electron chi connectivity index (χ1n) is 7.94. The van der Waals surface area contributed by atoms with Gasteiger partial charge in [0.15, 0.2) is 5.96 Å². The molecule has 5 N–H and O–H groups in total. The van der Waals surface area contributed by atoms with Crippen molar-refractivity contribution in [2.45, 2.75) is 13.8 Å². The molecule has 0 aliphatic heterocycles. The van der Waals surface area contributed by atoms with Crippen molar-refractivity contribution in [3.8, 4) is 0 Å². The summed E-state index contributed by atoms with van der Waals surface area (Å²) in [5.74, 6) is 0.631. The number of carbonyl (C=O) groups excluding carboxylic acids is 1. The molecule has 0 unspecified atom stereocenters. The van der Waals surface area contributed by atoms with Gasteiger partial charge >= 0.3 is 6.03 Å². The van der Waals surface area contributed by atoms with Gasteiger partial charge in [-0.05, 0) is 48.4 Å². The minimum absolute atomic E-state index is 0. The molecule has 26 heavy (non-hydrogen) atoms. The highest BCUT2D eigenvalue weighted by atomic mass is 35.5. The highest BCUT2D eigenvalue weighted by Gasteiger charge is 2.04. The van der Waals surface area contributed by atoms with E-state index < -0.39 is 0 Å². The second-order valence-electron chi connectivity index (χ2n) is 5.91. The predicted molar refractivity (Wildman–Crippen MR) is 112 cm³/mol. The maximum absolute atomic E-state index is 11.8. The molecule has 0 saturated carbocycles. The number of carbonyl (C=O) groups is 1. The summed E-state index contributed by atoms with van der Waals surface area (Å²) >= 11 is 5.84. The minimum atomic E-state index is -0.242. The van der Waals surface area contributed by atoms with E-state index in [0.29, 0.717) is 28.9 Å². The van der Waals surface area contributed by atoms with Crippen molar-refractivity contribution in [1.82, 2.24) is 5.32 Å². The van der Waals surface area contributed by atoms with Crippen LogP contribution in [-0.4, -0.2) is 18.5 Å². The van der Waals surface area contributed by atoms with Crippen LogP contribution < -0.4 is 21.7 Å². The SMILES string of the molecule is CC(C)CNC(=O)Nc1cccc(NC(N)=Nc2ccc(Cl)cc2)c1.Cl. The smallest absolute Gasteiger partial charge is 0.319 e. The average molecular weight is 396 g/mol. The standard InChI is InChI=1S/C18H22ClN5O.ClH/c1-12(2)11-21-18(25)24-16-5-3-4-15(10-16)23-17(20)22-14-8-6-13(19)7-9-14;/h3-10,12H,11H2,1-2H3,(H3,20,22,23)(H2,21,24,25);1H. The Morgan fingerprint density at radius 3 is 2.35 bits per heavy atom. The fourth-order valence-electron chi connectivity index (χ4n) is 1.98. The molecule has 0 bridgehead atoms. The number of rotatable bonds is 5. The Morgan fingerprint density at radius 2 is 1.73 bits per heavy atom. The highest BCUT2D eigenvalue weighted by Crippen LogP contribution is 2.18. The number of hydrogen-bond donors (Lipinski definition) is 4. The summed E-state index contributed by atoms with van der Waals surface area (Å²) < 4.78 is 0. The van der Waals surface area contributed by atoms with Gasteiger partial charge in [-0.1, -0.05) is 31.5 Å². The molecule has 0 saturated heterocycles. The number of guanidine groups is 1. The van der Waals surface area contributed by atoms with Crippen LogP contribution in [0.2, 0.25) is 5.02 Å². The van der Waals surface area contributed by atoms with E-state index in [0.717, 1.165) is 5.69 Å². The van der Waals surface area contributed by atoms with Crippen molar-refractivity contribution < 1.29 is 4.79 Å². The molecular formula is C18H23Cl2N5O. The molecule has 0 atom stereocenters. The summed E-state index contributed by atoms with van der Waals surface area (Å²) in [6, 6.07) is 14.0. The van der Waals surface area contributed by atoms with Gasteiger partial charge < -0.3 is 21.7 Å². The monoisotopic (exact) mass is 395 g/mol. The Labute approximate surface area is 164 Å². The van der Waals surface area contributed by atoms with Crippen molar-refractivity contribution in [3.05, 3.63) is 53.6 Å². The summed E-state index contributed by atoms with van der Waals surface area (Å²) in [5, 5.41) is 9.21. The maximum atomic E-state index is 11.8. The first kappa shape index (κ1) is 21.6. The average Bonchev–Trinajstić information content (AvgIpc) is 2.55. The lowest BCUT2D eigenvalue weighted by molar-refractivity contribution is 0.251. The number of nitrogens with zero attached hydrogens (tertiary/aromatic N) is 1. The van der Waals surface area contributed by atoms with Crippen LogP contribution in [0.4, 0.5) is 21.9 Å². The molecule has 0 radical (unpaired) electrons. The largest absolute Gasteiger partial charge is 0.369 e. The second kappa shape index (κ2) is 10.5. The zero-order valence-electron chi connectivity index (χ0n) is 14.6. The van der Waals surface area contributed by atoms with Crippen LogP contribution in [0, 0.1) is 5.92 Å². The lowest BCUT2D eigenvalue weighted by Crippen LogP contribution is -2.31. The third-order valence-electron chi connectivity index (χ3n) is 3.14. The summed E-state index contributed by atoms with van der Waals surface area (Å²) in [5.41, 5.74) is 7.98. The second-order valence-corrected chi connectivity index (χ2v) is 6.34. The van der Waals surface area contributed by atoms with Crippen LogP contribution in [0.15, 0.2) is 53.5 Å². The number of amides is 2. The maximum Gasteiger partial charge on any atom is 0.319 e. The zero-order chi connectivity index (χ0) is 18.2. The van der Waals surface area contributed by atoms with E-state index in [9.17, 15) is 4.79 Å². The number of halogens is 2. The van der Waals surface area contributed by atoms with Gasteiger partial charge in [-0.15, -0.1) is 12.4 Å². The van der Waals surface area contributed by atoms with Gasteiger partial charge in [0, 0.05) is 22.9 Å². The summed E-state index contributed by atoms with van der Waals surface area (Å²) in [4.78, 5) is 16.1. The number of anilines is 2. The fraction of sp³-hybridized carbons (Fsp3) is 0.222. The number of nitrogens with two attached hydrogens (primary N) is 1. The van der Waals surface area contributed by atoms with Gasteiger partial charge in [-0.2, -0.15) is 0 Å². The molecule has 2 amide bonds. The van der Waals surface area contributed by atoms with E-state index >= 15 is 0 Å². The van der Waals surface area contributed by atoms with Crippen molar-refractivity contribution >= 4 is 53.1 Å². The molecular weight excluding hydrogens is 373 g/mol. The summed E-state index contributed by atoms with van der Waals surface area (Å²) in [6.07, 6.45) is 0. The van der Waals surface area contributed by atoms with E-state index in [2.05, 4.69) is 20.9 Å². The van der Waals surface area contributed by atoms with E-state index in [1.807, 2.05) is 26.0 Å². The third kappa shape index (κ3) is 7.63. The highest BCUT2D eigenvalue weighted by molar-refractivity contribution is 6.30. The van der Waals surface area contributed by atoms with Crippen LogP contribution in [0.5, 0.6) is 0 Å². The normalized spacial score (nSPS) is 10.8. The van der Waals surface area contributed by atoms with Crippen LogP contribution in [0.1, 0.15) is 13.8 Å². The van der Waals surface area contributed by atoms with Crippen LogP contribution in [0.25, 0.3) is 0 Å². The van der Waals surface area contributed by atoms with Crippen molar-refractivity contribution in [2.24, 2.45) is 16.6 Å². The van der Waals surface area contributed by atoms with Crippen molar-refractivity contribution in [2.75, 3.05) is 17.2 Å². The van der Waals surface area contributed by atoms with Gasteiger partial charge in [-0.3, -0.25) is 0 Å². The first-order chi connectivity index (χ1) is 11.9. The molecule has 6 nitrogen and oxygen atoms in total. The number of benzene rings is 2. The lowest BCUT2D eigenvalue weighted by atomic mass is 10.2. The Bertz CT molecular complexity index is 748. The number of aliphatic imine (C=N–C) groups is 1. The molecule has 0 heterocycles. The quantitative estimate of drug-likeness (QED) is 0.440. The third-order valence-corrected chi connectivity index (χ3v) is 3.39. The lowest BCUT2D eigenvalue weighted by Gasteiger charge is -2.11. The van der Waals surface area contributed by atoms with Crippen LogP contribution in [0.3, 0.4) is 0 Å². The number of nitrogens with one attached hydrogen (secondary N) is 3. The Balaban J connectivity index is 0.00000338. The van der Waals surface area contributed by atoms with Crippen molar-refractivity contribution in [1.29, 1.82) is 0 Å². The van der Waals surface area contributed by atoms with Gasteiger partial charge in [0.05, 0.1) is 5.69 Å². The van der Waals surface area contributed by atoms with E-state index in [-0.39, 0.29) is 24.4 Å². The molecule has 2 aromatic rings. The Kier molecular flexibility index (Phi) is 8.75. The van der Waals surface area contributed by atoms with Crippen LogP contribution >= 0.6 is 24.0 Å². The topological polar surface area (TPSA) is 91.5 Å². The van der Waals surface area contributed by atoms with E-state index in [4.69, 9.17) is 17.3 Å². The van der Waals surface area contributed by atoms with Gasteiger partial charge in [-0.25, -0.2) is 9.79 Å². The van der Waals surface area contributed by atoms with Gasteiger partial charge in [0.2, 0.25) is 0 Å². The Morgan fingerprint density at radius 1 is 1.12 bits per heavy atom.